The Morgan fingerprint density at radius 2 is 1.87 bits per heavy atom. The van der Waals surface area contributed by atoms with Gasteiger partial charge < -0.3 is 9.73 Å². The minimum absolute atomic E-state index is 0.109. The lowest BCUT2D eigenvalue weighted by atomic mass is 10.1. The summed E-state index contributed by atoms with van der Waals surface area (Å²) in [6, 6.07) is 14.9. The molecular weight excluding hydrogens is 290 g/mol. The van der Waals surface area contributed by atoms with Crippen LogP contribution >= 0.6 is 0 Å². The van der Waals surface area contributed by atoms with E-state index in [-0.39, 0.29) is 11.9 Å². The lowest BCUT2D eigenvalue weighted by Gasteiger charge is -2.23. The number of hydrogen-bond donors (Lipinski definition) is 1. The van der Waals surface area contributed by atoms with E-state index in [0.29, 0.717) is 17.2 Å². The second-order valence-electron chi connectivity index (χ2n) is 5.65. The Morgan fingerprint density at radius 1 is 1.13 bits per heavy atom. The first-order chi connectivity index (χ1) is 11.1. The Morgan fingerprint density at radius 3 is 2.57 bits per heavy atom. The molecule has 23 heavy (non-hydrogen) atoms. The van der Waals surface area contributed by atoms with Gasteiger partial charge in [0.25, 0.3) is 0 Å². The molecule has 1 atom stereocenters. The van der Waals surface area contributed by atoms with Crippen LogP contribution in [0, 0.1) is 6.92 Å². The van der Waals surface area contributed by atoms with Gasteiger partial charge >= 0.3 is 0 Å². The van der Waals surface area contributed by atoms with Crippen molar-refractivity contribution in [2.75, 3.05) is 19.4 Å². The second-order valence-corrected chi connectivity index (χ2v) is 5.65. The summed E-state index contributed by atoms with van der Waals surface area (Å²) >= 11 is 0. The number of anilines is 1. The zero-order valence-electron chi connectivity index (χ0n) is 13.4. The van der Waals surface area contributed by atoms with Crippen LogP contribution in [0.25, 0.3) is 11.1 Å². The third-order valence-corrected chi connectivity index (χ3v) is 3.66. The summed E-state index contributed by atoms with van der Waals surface area (Å²) in [5.74, 6) is 0.469. The first kappa shape index (κ1) is 15.2. The van der Waals surface area contributed by atoms with Gasteiger partial charge in [-0.2, -0.15) is 0 Å². The van der Waals surface area contributed by atoms with Crippen molar-refractivity contribution in [3.8, 4) is 0 Å². The summed E-state index contributed by atoms with van der Waals surface area (Å²) in [7, 11) is 3.77. The van der Waals surface area contributed by atoms with Crippen molar-refractivity contribution >= 4 is 22.7 Å². The van der Waals surface area contributed by atoms with Crippen molar-refractivity contribution < 1.29 is 9.21 Å². The number of oxazole rings is 1. The number of carbonyl (C=O) groups is 1. The minimum atomic E-state index is -0.379. The number of rotatable bonds is 4. The number of likely N-dealkylation sites (N-methyl/N-ethyl adjacent to an activating group) is 1. The zero-order valence-corrected chi connectivity index (χ0v) is 13.4. The fourth-order valence-corrected chi connectivity index (χ4v) is 2.68. The van der Waals surface area contributed by atoms with Gasteiger partial charge in [-0.3, -0.25) is 9.69 Å². The Labute approximate surface area is 134 Å². The average molecular weight is 309 g/mol. The van der Waals surface area contributed by atoms with Crippen molar-refractivity contribution in [3.05, 3.63) is 60.0 Å². The van der Waals surface area contributed by atoms with Gasteiger partial charge in [0.1, 0.15) is 11.6 Å². The lowest BCUT2D eigenvalue weighted by Crippen LogP contribution is -2.32. The maximum Gasteiger partial charge on any atom is 0.246 e. The smallest absolute Gasteiger partial charge is 0.246 e. The minimum Gasteiger partial charge on any atom is -0.439 e. The SMILES string of the molecule is Cc1nc2cccc(NC(=O)C(c3ccccc3)N(C)C)c2o1. The average Bonchev–Trinajstić information content (AvgIpc) is 2.89. The normalized spacial score (nSPS) is 12.5. The van der Waals surface area contributed by atoms with Gasteiger partial charge in [-0.25, -0.2) is 4.98 Å². The van der Waals surface area contributed by atoms with E-state index in [4.69, 9.17) is 4.42 Å². The second kappa shape index (κ2) is 6.22. The first-order valence-corrected chi connectivity index (χ1v) is 7.44. The molecule has 0 aliphatic heterocycles. The van der Waals surface area contributed by atoms with E-state index in [1.54, 1.807) is 6.92 Å². The Balaban J connectivity index is 1.92. The van der Waals surface area contributed by atoms with Crippen LogP contribution in [0.3, 0.4) is 0 Å². The summed E-state index contributed by atoms with van der Waals surface area (Å²) in [6.45, 7) is 1.79. The van der Waals surface area contributed by atoms with Gasteiger partial charge in [0.15, 0.2) is 11.5 Å². The van der Waals surface area contributed by atoms with Gasteiger partial charge in [0.05, 0.1) is 5.69 Å². The highest BCUT2D eigenvalue weighted by atomic mass is 16.3. The molecule has 0 saturated heterocycles. The third kappa shape index (κ3) is 3.10. The molecule has 2 aromatic carbocycles. The monoisotopic (exact) mass is 309 g/mol. The summed E-state index contributed by atoms with van der Waals surface area (Å²) in [4.78, 5) is 19.0. The van der Waals surface area contributed by atoms with E-state index in [0.717, 1.165) is 11.1 Å². The van der Waals surface area contributed by atoms with Crippen LogP contribution in [0.2, 0.25) is 0 Å². The van der Waals surface area contributed by atoms with Crippen LogP contribution in [0.4, 0.5) is 5.69 Å². The molecule has 5 nitrogen and oxygen atoms in total. The zero-order chi connectivity index (χ0) is 16.4. The quantitative estimate of drug-likeness (QED) is 0.802. The molecule has 1 amide bonds. The van der Waals surface area contributed by atoms with Gasteiger partial charge in [-0.15, -0.1) is 0 Å². The predicted octanol–water partition coefficient (Wildman–Crippen LogP) is 3.38. The van der Waals surface area contributed by atoms with Crippen molar-refractivity contribution in [2.24, 2.45) is 0 Å². The number of nitrogens with zero attached hydrogens (tertiary/aromatic N) is 2. The van der Waals surface area contributed by atoms with Crippen molar-refractivity contribution in [1.82, 2.24) is 9.88 Å². The van der Waals surface area contributed by atoms with Gasteiger partial charge in [0.2, 0.25) is 5.91 Å². The molecule has 0 fully saturated rings. The Hall–Kier alpha value is -2.66. The van der Waals surface area contributed by atoms with Crippen LogP contribution < -0.4 is 5.32 Å². The van der Waals surface area contributed by atoms with Crippen molar-refractivity contribution in [1.29, 1.82) is 0 Å². The number of aryl methyl sites for hydroxylation is 1. The van der Waals surface area contributed by atoms with E-state index in [1.807, 2.05) is 67.5 Å². The largest absolute Gasteiger partial charge is 0.439 e. The third-order valence-electron chi connectivity index (χ3n) is 3.66. The Bertz CT molecular complexity index is 825. The van der Waals surface area contributed by atoms with E-state index in [2.05, 4.69) is 10.3 Å². The molecule has 5 heteroatoms. The van der Waals surface area contributed by atoms with Gasteiger partial charge in [-0.05, 0) is 31.8 Å². The molecule has 1 aromatic heterocycles. The van der Waals surface area contributed by atoms with Crippen molar-refractivity contribution in [2.45, 2.75) is 13.0 Å². The fourth-order valence-electron chi connectivity index (χ4n) is 2.68. The standard InChI is InChI=1S/C18H19N3O2/c1-12-19-14-10-7-11-15(17(14)23-12)20-18(22)16(21(2)3)13-8-5-4-6-9-13/h4-11,16H,1-3H3,(H,20,22). The number of benzene rings is 2. The van der Waals surface area contributed by atoms with Crippen LogP contribution in [0.15, 0.2) is 52.9 Å². The Kier molecular flexibility index (Phi) is 4.12. The highest BCUT2D eigenvalue weighted by molar-refractivity contribution is 6.01. The molecule has 1 unspecified atom stereocenters. The molecule has 118 valence electrons. The predicted molar refractivity (Wildman–Crippen MR) is 90.2 cm³/mol. The molecule has 0 aliphatic rings. The molecule has 0 radical (unpaired) electrons. The van der Waals surface area contributed by atoms with Crippen LogP contribution in [0.1, 0.15) is 17.5 Å². The maximum absolute atomic E-state index is 12.8. The number of para-hydroxylation sites is 1. The summed E-state index contributed by atoms with van der Waals surface area (Å²) in [5, 5.41) is 2.96. The summed E-state index contributed by atoms with van der Waals surface area (Å²) < 4.78 is 5.61. The molecule has 3 rings (SSSR count). The molecule has 0 aliphatic carbocycles. The van der Waals surface area contributed by atoms with Gasteiger partial charge in [-0.1, -0.05) is 36.4 Å². The van der Waals surface area contributed by atoms with Gasteiger partial charge in [0, 0.05) is 6.92 Å². The van der Waals surface area contributed by atoms with E-state index in [1.165, 1.54) is 0 Å². The molecular formula is C18H19N3O2. The van der Waals surface area contributed by atoms with E-state index < -0.39 is 0 Å². The number of fused-ring (bicyclic) bond motifs is 1. The fraction of sp³-hybridized carbons (Fsp3) is 0.222. The lowest BCUT2D eigenvalue weighted by molar-refractivity contribution is -0.120. The van der Waals surface area contributed by atoms with E-state index in [9.17, 15) is 4.79 Å². The number of aromatic nitrogens is 1. The molecule has 0 bridgehead atoms. The maximum atomic E-state index is 12.8. The number of carbonyl (C=O) groups excluding carboxylic acids is 1. The molecule has 0 saturated carbocycles. The highest BCUT2D eigenvalue weighted by Gasteiger charge is 2.23. The molecule has 1 N–H and O–H groups in total. The molecule has 0 spiro atoms. The topological polar surface area (TPSA) is 58.4 Å². The molecule has 3 aromatic rings. The highest BCUT2D eigenvalue weighted by Crippen LogP contribution is 2.26. The summed E-state index contributed by atoms with van der Waals surface area (Å²) in [5.41, 5.74) is 2.91. The van der Waals surface area contributed by atoms with E-state index >= 15 is 0 Å². The van der Waals surface area contributed by atoms with Crippen LogP contribution in [-0.2, 0) is 4.79 Å². The summed E-state index contributed by atoms with van der Waals surface area (Å²) in [6.07, 6.45) is 0. The number of hydrogen-bond acceptors (Lipinski definition) is 4. The van der Waals surface area contributed by atoms with Crippen molar-refractivity contribution in [3.63, 3.8) is 0 Å². The number of nitrogens with one attached hydrogen (secondary N) is 1. The van der Waals surface area contributed by atoms with Crippen LogP contribution in [0.5, 0.6) is 0 Å². The van der Waals surface area contributed by atoms with Crippen LogP contribution in [-0.4, -0.2) is 29.9 Å². The number of amides is 1. The first-order valence-electron chi connectivity index (χ1n) is 7.44. The molecule has 1 heterocycles.